The summed E-state index contributed by atoms with van der Waals surface area (Å²) in [5.41, 5.74) is 4.12. The maximum Gasteiger partial charge on any atom is 0.296 e. The first kappa shape index (κ1) is 23.7. The minimum Gasteiger partial charge on any atom is -0.496 e. The molecule has 1 N–H and O–H groups in total. The van der Waals surface area contributed by atoms with Crippen LogP contribution in [0.15, 0.2) is 48.7 Å². The zero-order valence-electron chi connectivity index (χ0n) is 19.5. The van der Waals surface area contributed by atoms with Gasteiger partial charge in [0.15, 0.2) is 5.11 Å². The van der Waals surface area contributed by atoms with Crippen LogP contribution < -0.4 is 10.1 Å². The minimum atomic E-state index is -0.385. The molecule has 0 spiro atoms. The quantitative estimate of drug-likeness (QED) is 0.293. The lowest BCUT2D eigenvalue weighted by atomic mass is 9.97. The van der Waals surface area contributed by atoms with E-state index >= 15 is 0 Å². The van der Waals surface area contributed by atoms with E-state index in [2.05, 4.69) is 21.3 Å². The van der Waals surface area contributed by atoms with E-state index in [0.29, 0.717) is 29.7 Å². The molecule has 1 aliphatic heterocycles. The molecular weight excluding hydrogens is 454 g/mol. The number of benzene rings is 1. The summed E-state index contributed by atoms with van der Waals surface area (Å²) in [6.07, 6.45) is 1.76. The first-order valence-electron chi connectivity index (χ1n) is 10.9. The number of methoxy groups -OCH3 is 2. The monoisotopic (exact) mass is 481 g/mol. The minimum absolute atomic E-state index is 0.0229. The number of nitrogens with one attached hydrogen (secondary N) is 1. The first-order valence-corrected chi connectivity index (χ1v) is 11.3. The Labute approximate surface area is 203 Å². The molecule has 2 aromatic heterocycles. The third kappa shape index (κ3) is 4.22. The lowest BCUT2D eigenvalue weighted by molar-refractivity contribution is -0.384. The van der Waals surface area contributed by atoms with Gasteiger partial charge in [0.05, 0.1) is 42.5 Å². The molecule has 1 aromatic carbocycles. The lowest BCUT2D eigenvalue weighted by Gasteiger charge is -2.28. The molecule has 1 saturated heterocycles. The van der Waals surface area contributed by atoms with Crippen LogP contribution in [0, 0.1) is 24.0 Å². The number of aromatic nitrogens is 2. The molecule has 1 aliphatic rings. The summed E-state index contributed by atoms with van der Waals surface area (Å²) in [6, 6.07) is 12.4. The smallest absolute Gasteiger partial charge is 0.296 e. The van der Waals surface area contributed by atoms with Gasteiger partial charge in [-0.2, -0.15) is 0 Å². The molecule has 0 saturated carbocycles. The van der Waals surface area contributed by atoms with E-state index in [-0.39, 0.29) is 22.7 Å². The highest BCUT2D eigenvalue weighted by Gasteiger charge is 2.41. The molecule has 178 valence electrons. The van der Waals surface area contributed by atoms with Crippen molar-refractivity contribution in [3.63, 3.8) is 0 Å². The molecule has 10 heteroatoms. The summed E-state index contributed by atoms with van der Waals surface area (Å²) >= 11 is 5.69. The first-order chi connectivity index (χ1) is 16.4. The highest BCUT2D eigenvalue weighted by molar-refractivity contribution is 7.80. The molecular formula is C24H27N5O4S. The summed E-state index contributed by atoms with van der Waals surface area (Å²) in [7, 11) is 3.15. The van der Waals surface area contributed by atoms with E-state index in [1.165, 1.54) is 13.2 Å². The third-order valence-corrected chi connectivity index (χ3v) is 6.50. The van der Waals surface area contributed by atoms with Gasteiger partial charge in [-0.3, -0.25) is 15.1 Å². The van der Waals surface area contributed by atoms with Crippen LogP contribution in [-0.4, -0.2) is 51.9 Å². The lowest BCUT2D eigenvalue weighted by Crippen LogP contribution is -2.32. The van der Waals surface area contributed by atoms with Crippen molar-refractivity contribution < 1.29 is 14.4 Å². The second-order valence-corrected chi connectivity index (χ2v) is 8.47. The molecule has 0 unspecified atom stereocenters. The van der Waals surface area contributed by atoms with Gasteiger partial charge >= 0.3 is 0 Å². The summed E-state index contributed by atoms with van der Waals surface area (Å²) in [5.74, 6) is 0.435. The number of thiocarbonyl (C=S) groups is 1. The van der Waals surface area contributed by atoms with Crippen LogP contribution in [0.25, 0.3) is 5.69 Å². The average Bonchev–Trinajstić information content (AvgIpc) is 3.32. The Morgan fingerprint density at radius 3 is 2.65 bits per heavy atom. The average molecular weight is 482 g/mol. The number of nitrogens with zero attached hydrogens (tertiary/aromatic N) is 4. The van der Waals surface area contributed by atoms with Crippen molar-refractivity contribution in [2.45, 2.75) is 25.9 Å². The van der Waals surface area contributed by atoms with Gasteiger partial charge < -0.3 is 24.3 Å². The van der Waals surface area contributed by atoms with Crippen molar-refractivity contribution in [2.24, 2.45) is 0 Å². The molecule has 1 fully saturated rings. The largest absolute Gasteiger partial charge is 0.496 e. The van der Waals surface area contributed by atoms with Crippen LogP contribution in [0.4, 0.5) is 5.69 Å². The van der Waals surface area contributed by atoms with Crippen LogP contribution in [0.5, 0.6) is 5.75 Å². The highest BCUT2D eigenvalue weighted by Crippen LogP contribution is 2.42. The Morgan fingerprint density at radius 2 is 2.00 bits per heavy atom. The van der Waals surface area contributed by atoms with Gasteiger partial charge in [0.2, 0.25) is 0 Å². The Balaban J connectivity index is 1.86. The van der Waals surface area contributed by atoms with Gasteiger partial charge in [-0.05, 0) is 62.0 Å². The number of pyridine rings is 1. The maximum atomic E-state index is 11.9. The zero-order valence-corrected chi connectivity index (χ0v) is 20.3. The SMILES string of the molecule is COCCN1C(=S)N[C@H](c2ccccn2)[C@H]1c1cc(C)n(-c2ccc(OC)cc2[N+](=O)[O-])c1C. The van der Waals surface area contributed by atoms with Gasteiger partial charge in [-0.15, -0.1) is 0 Å². The molecule has 0 amide bonds. The van der Waals surface area contributed by atoms with Crippen LogP contribution >= 0.6 is 12.2 Å². The Hall–Kier alpha value is -3.50. The fourth-order valence-corrected chi connectivity index (χ4v) is 4.93. The second-order valence-electron chi connectivity index (χ2n) is 8.09. The molecule has 3 aromatic rings. The molecule has 0 aliphatic carbocycles. The third-order valence-electron chi connectivity index (χ3n) is 6.14. The molecule has 9 nitrogen and oxygen atoms in total. The van der Waals surface area contributed by atoms with Crippen molar-refractivity contribution in [3.8, 4) is 11.4 Å². The number of ether oxygens (including phenoxy) is 2. The molecule has 3 heterocycles. The van der Waals surface area contributed by atoms with Crippen molar-refractivity contribution in [1.82, 2.24) is 19.8 Å². The van der Waals surface area contributed by atoms with Gasteiger partial charge in [-0.25, -0.2) is 0 Å². The van der Waals surface area contributed by atoms with E-state index in [0.717, 1.165) is 22.6 Å². The topological polar surface area (TPSA) is 94.7 Å². The van der Waals surface area contributed by atoms with Crippen LogP contribution in [-0.2, 0) is 4.74 Å². The van der Waals surface area contributed by atoms with Crippen molar-refractivity contribution in [1.29, 1.82) is 0 Å². The fraction of sp³-hybridized carbons (Fsp3) is 0.333. The number of nitro groups is 1. The summed E-state index contributed by atoms with van der Waals surface area (Å²) in [5, 5.41) is 15.9. The summed E-state index contributed by atoms with van der Waals surface area (Å²) in [6.45, 7) is 5.03. The van der Waals surface area contributed by atoms with Crippen LogP contribution in [0.3, 0.4) is 0 Å². The van der Waals surface area contributed by atoms with Gasteiger partial charge in [0.1, 0.15) is 11.4 Å². The highest BCUT2D eigenvalue weighted by atomic mass is 32.1. The van der Waals surface area contributed by atoms with Gasteiger partial charge in [0.25, 0.3) is 5.69 Å². The second kappa shape index (κ2) is 9.78. The van der Waals surface area contributed by atoms with E-state index in [1.807, 2.05) is 36.6 Å². The van der Waals surface area contributed by atoms with E-state index in [4.69, 9.17) is 21.7 Å². The van der Waals surface area contributed by atoms with Crippen molar-refractivity contribution in [3.05, 3.63) is 81.4 Å². The molecule has 0 radical (unpaired) electrons. The Bertz CT molecular complexity index is 1210. The predicted molar refractivity (Wildman–Crippen MR) is 132 cm³/mol. The van der Waals surface area contributed by atoms with Gasteiger partial charge in [0, 0.05) is 31.2 Å². The Kier molecular flexibility index (Phi) is 6.80. The number of hydrogen-bond donors (Lipinski definition) is 1. The van der Waals surface area contributed by atoms with Gasteiger partial charge in [-0.1, -0.05) is 6.07 Å². The molecule has 2 atom stereocenters. The normalized spacial score (nSPS) is 17.6. The number of rotatable bonds is 8. The van der Waals surface area contributed by atoms with Crippen LogP contribution in [0.1, 0.15) is 34.7 Å². The van der Waals surface area contributed by atoms with Crippen LogP contribution in [0.2, 0.25) is 0 Å². The molecule has 0 bridgehead atoms. The number of hydrogen-bond acceptors (Lipinski definition) is 6. The van der Waals surface area contributed by atoms with E-state index in [9.17, 15) is 10.1 Å². The number of aryl methyl sites for hydroxylation is 1. The molecule has 4 rings (SSSR count). The maximum absolute atomic E-state index is 11.9. The zero-order chi connectivity index (χ0) is 24.4. The summed E-state index contributed by atoms with van der Waals surface area (Å²) in [4.78, 5) is 18.2. The Morgan fingerprint density at radius 1 is 1.21 bits per heavy atom. The molecule has 34 heavy (non-hydrogen) atoms. The van der Waals surface area contributed by atoms with E-state index < -0.39 is 0 Å². The summed E-state index contributed by atoms with van der Waals surface area (Å²) < 4.78 is 12.5. The fourth-order valence-electron chi connectivity index (χ4n) is 4.60. The van der Waals surface area contributed by atoms with E-state index in [1.54, 1.807) is 25.4 Å². The van der Waals surface area contributed by atoms with Crippen molar-refractivity contribution in [2.75, 3.05) is 27.4 Å². The van der Waals surface area contributed by atoms with Crippen molar-refractivity contribution >= 4 is 23.0 Å². The number of nitro benzene ring substituents is 1. The predicted octanol–water partition coefficient (Wildman–Crippen LogP) is 4.02. The standard InChI is InChI=1S/C24H27N5O4S/c1-15-13-18(16(2)28(15)20-9-8-17(33-4)14-21(20)29(30)31)23-22(19-7-5-6-10-25-19)26-24(34)27(23)11-12-32-3/h5-10,13-14,22-23H,11-12H2,1-4H3,(H,26,34)/t22-,23-/m1/s1.